The van der Waals surface area contributed by atoms with Gasteiger partial charge in [0.05, 0.1) is 6.42 Å². The van der Waals surface area contributed by atoms with Crippen LogP contribution in [0.15, 0.2) is 69.5 Å². The Hall–Kier alpha value is -4.40. The van der Waals surface area contributed by atoms with Crippen LogP contribution >= 0.6 is 0 Å². The Bertz CT molecular complexity index is 1810. The summed E-state index contributed by atoms with van der Waals surface area (Å²) in [5.41, 5.74) is 7.02. The number of hydrogen-bond acceptors (Lipinski definition) is 8. The number of anilines is 1. The highest BCUT2D eigenvalue weighted by molar-refractivity contribution is 5.88. The number of nitrogens with zero attached hydrogens (tertiary/aromatic N) is 2. The van der Waals surface area contributed by atoms with Gasteiger partial charge in [0.15, 0.2) is 11.2 Å². The summed E-state index contributed by atoms with van der Waals surface area (Å²) >= 11 is 0. The van der Waals surface area contributed by atoms with Crippen LogP contribution in [0.4, 0.5) is 5.82 Å². The molecular weight excluding hydrogens is 582 g/mol. The minimum atomic E-state index is -1.11. The molecule has 1 spiro atoms. The van der Waals surface area contributed by atoms with E-state index in [1.807, 2.05) is 30.0 Å². The van der Waals surface area contributed by atoms with Gasteiger partial charge in [-0.3, -0.25) is 4.79 Å². The number of benzene rings is 1. The first-order valence-electron chi connectivity index (χ1n) is 16.3. The number of allylic oxidation sites excluding steroid dienone is 1. The van der Waals surface area contributed by atoms with E-state index in [1.165, 1.54) is 6.07 Å². The topological polar surface area (TPSA) is 125 Å². The second-order valence-corrected chi connectivity index (χ2v) is 13.6. The maximum atomic E-state index is 13.7. The number of pyridine rings is 1. The number of ether oxygens (including phenoxy) is 2. The summed E-state index contributed by atoms with van der Waals surface area (Å²) in [5.74, 6) is 0.657. The van der Waals surface area contributed by atoms with Gasteiger partial charge in [-0.15, -0.1) is 0 Å². The molecule has 1 saturated heterocycles. The highest BCUT2D eigenvalue weighted by Crippen LogP contribution is 2.55. The number of nitrogens with two attached hydrogens (primary N) is 1. The van der Waals surface area contributed by atoms with Crippen molar-refractivity contribution in [1.82, 2.24) is 9.88 Å². The molecule has 6 rings (SSSR count). The second kappa shape index (κ2) is 12.1. The van der Waals surface area contributed by atoms with Gasteiger partial charge < -0.3 is 24.5 Å². The van der Waals surface area contributed by atoms with E-state index in [2.05, 4.69) is 24.9 Å². The minimum Gasteiger partial charge on any atom is -0.481 e. The third kappa shape index (κ3) is 5.60. The van der Waals surface area contributed by atoms with Gasteiger partial charge in [-0.1, -0.05) is 32.1 Å². The second-order valence-electron chi connectivity index (χ2n) is 13.6. The molecule has 3 aromatic rings. The fraction of sp³-hybridized carbons (Fsp3) is 0.459. The number of aromatic nitrogens is 1. The summed E-state index contributed by atoms with van der Waals surface area (Å²) in [7, 11) is 0. The van der Waals surface area contributed by atoms with E-state index in [4.69, 9.17) is 19.6 Å². The lowest BCUT2D eigenvalue weighted by Gasteiger charge is -2.50. The number of rotatable bonds is 8. The maximum absolute atomic E-state index is 13.7. The molecule has 9 heteroatoms. The van der Waals surface area contributed by atoms with Gasteiger partial charge in [0.2, 0.25) is 5.91 Å². The summed E-state index contributed by atoms with van der Waals surface area (Å²) in [4.78, 5) is 45.5. The van der Waals surface area contributed by atoms with Crippen LogP contribution in [0, 0.1) is 5.92 Å². The normalized spacial score (nSPS) is 25.4. The molecule has 1 aromatic carbocycles. The number of likely N-dealkylation sites (tertiary alicyclic amines) is 1. The van der Waals surface area contributed by atoms with Crippen molar-refractivity contribution in [3.63, 3.8) is 0 Å². The summed E-state index contributed by atoms with van der Waals surface area (Å²) in [6.07, 6.45) is 11.6. The highest BCUT2D eigenvalue weighted by atomic mass is 16.6. The molecule has 3 aliphatic rings. The van der Waals surface area contributed by atoms with Crippen LogP contribution in [0.1, 0.15) is 82.9 Å². The Morgan fingerprint density at radius 3 is 2.76 bits per heavy atom. The van der Waals surface area contributed by atoms with Crippen molar-refractivity contribution in [2.24, 2.45) is 5.92 Å². The first-order chi connectivity index (χ1) is 21.9. The summed E-state index contributed by atoms with van der Waals surface area (Å²) in [6, 6.07) is 8.91. The van der Waals surface area contributed by atoms with Gasteiger partial charge in [0, 0.05) is 60.6 Å². The van der Waals surface area contributed by atoms with E-state index in [0.717, 1.165) is 47.9 Å². The average Bonchev–Trinajstić information content (AvgIpc) is 3.36. The Morgan fingerprint density at radius 2 is 2.04 bits per heavy atom. The fourth-order valence-corrected chi connectivity index (χ4v) is 7.15. The lowest BCUT2D eigenvalue weighted by molar-refractivity contribution is -0.182. The van der Waals surface area contributed by atoms with Gasteiger partial charge in [-0.2, -0.15) is 0 Å². The van der Waals surface area contributed by atoms with Gasteiger partial charge in [-0.05, 0) is 80.8 Å². The van der Waals surface area contributed by atoms with E-state index < -0.39 is 28.7 Å². The zero-order valence-electron chi connectivity index (χ0n) is 27.3. The summed E-state index contributed by atoms with van der Waals surface area (Å²) in [5, 5.41) is 0.770. The van der Waals surface area contributed by atoms with E-state index >= 15 is 0 Å². The molecular formula is C37H43N3O6. The first kappa shape index (κ1) is 31.6. The molecule has 9 nitrogen and oxygen atoms in total. The predicted molar refractivity (Wildman–Crippen MR) is 177 cm³/mol. The Kier molecular flexibility index (Phi) is 8.29. The van der Waals surface area contributed by atoms with Crippen molar-refractivity contribution in [3.05, 3.63) is 87.4 Å². The minimum absolute atomic E-state index is 0.0662. The van der Waals surface area contributed by atoms with Crippen molar-refractivity contribution < 1.29 is 23.5 Å². The predicted octanol–water partition coefficient (Wildman–Crippen LogP) is 6.04. The van der Waals surface area contributed by atoms with Crippen molar-refractivity contribution >= 4 is 28.7 Å². The lowest BCUT2D eigenvalue weighted by atomic mass is 9.64. The number of esters is 1. The third-order valence-corrected chi connectivity index (χ3v) is 10.1. The van der Waals surface area contributed by atoms with Crippen LogP contribution in [-0.4, -0.2) is 45.5 Å². The van der Waals surface area contributed by atoms with Crippen LogP contribution in [0.2, 0.25) is 0 Å². The van der Waals surface area contributed by atoms with Crippen molar-refractivity contribution in [1.29, 1.82) is 0 Å². The number of carbonyl (C=O) groups excluding carboxylic acids is 2. The molecule has 0 bridgehead atoms. The number of hydrogen-bond donors (Lipinski definition) is 1. The maximum Gasteiger partial charge on any atom is 0.336 e. The molecule has 0 radical (unpaired) electrons. The molecule has 0 saturated carbocycles. The molecule has 1 amide bonds. The van der Waals surface area contributed by atoms with Crippen LogP contribution in [0.25, 0.3) is 11.0 Å². The molecule has 242 valence electrons. The summed E-state index contributed by atoms with van der Waals surface area (Å²) < 4.78 is 18.8. The van der Waals surface area contributed by atoms with Crippen molar-refractivity contribution in [3.8, 4) is 5.75 Å². The standard InChI is InChI=1S/C37H43N3O6/c1-6-23(4)35(43)46-36(5)14-7-8-29(37(36)20-25-16-24-10-12-34(42)44-30(24)19-31(25)45-37)28-18-32(38)39-21-26(28)17-33(41)40-15-13-27(40)11-9-22(2)3/h6-8,10,12,16,18-19,21-22,27,29H,9,11,13-15,17,20H2,1-5H3,(H2,38,39). The number of carbonyl (C=O) groups is 2. The molecule has 2 aliphatic heterocycles. The molecule has 1 fully saturated rings. The molecule has 1 aliphatic carbocycles. The lowest BCUT2D eigenvalue weighted by Crippen LogP contribution is -2.62. The number of amides is 1. The van der Waals surface area contributed by atoms with E-state index in [-0.39, 0.29) is 18.4 Å². The summed E-state index contributed by atoms with van der Waals surface area (Å²) in [6.45, 7) is 10.6. The van der Waals surface area contributed by atoms with E-state index in [9.17, 15) is 14.4 Å². The fourth-order valence-electron chi connectivity index (χ4n) is 7.15. The van der Waals surface area contributed by atoms with Crippen molar-refractivity contribution in [2.75, 3.05) is 12.3 Å². The Morgan fingerprint density at radius 1 is 1.24 bits per heavy atom. The van der Waals surface area contributed by atoms with Crippen LogP contribution < -0.4 is 16.1 Å². The first-order valence-corrected chi connectivity index (χ1v) is 16.3. The third-order valence-electron chi connectivity index (χ3n) is 10.1. The molecule has 2 aromatic heterocycles. The van der Waals surface area contributed by atoms with Gasteiger partial charge in [0.25, 0.3) is 0 Å². The van der Waals surface area contributed by atoms with E-state index in [1.54, 1.807) is 38.3 Å². The largest absolute Gasteiger partial charge is 0.481 e. The average molecular weight is 626 g/mol. The van der Waals surface area contributed by atoms with Crippen LogP contribution in [0.3, 0.4) is 0 Å². The molecule has 4 heterocycles. The number of nitrogen functional groups attached to an aromatic ring is 1. The molecule has 46 heavy (non-hydrogen) atoms. The van der Waals surface area contributed by atoms with Gasteiger partial charge in [0.1, 0.15) is 17.2 Å². The smallest absolute Gasteiger partial charge is 0.336 e. The quantitative estimate of drug-likeness (QED) is 0.139. The highest BCUT2D eigenvalue weighted by Gasteiger charge is 2.62. The van der Waals surface area contributed by atoms with Crippen LogP contribution in [0.5, 0.6) is 5.75 Å². The van der Waals surface area contributed by atoms with Gasteiger partial charge >= 0.3 is 11.6 Å². The number of fused-ring (bicyclic) bond motifs is 2. The Balaban J connectivity index is 1.42. The Labute approximate surface area is 269 Å². The molecule has 4 atom stereocenters. The zero-order chi connectivity index (χ0) is 32.8. The zero-order valence-corrected chi connectivity index (χ0v) is 27.3. The molecule has 2 N–H and O–H groups in total. The van der Waals surface area contributed by atoms with E-state index in [0.29, 0.717) is 41.5 Å². The monoisotopic (exact) mass is 625 g/mol. The van der Waals surface area contributed by atoms with Gasteiger partial charge in [-0.25, -0.2) is 14.6 Å². The van der Waals surface area contributed by atoms with Crippen LogP contribution in [-0.2, 0) is 27.2 Å². The molecule has 4 unspecified atom stereocenters. The van der Waals surface area contributed by atoms with Crippen molar-refractivity contribution in [2.45, 2.75) is 96.3 Å². The SMILES string of the molecule is CC=C(C)C(=O)OC1(C)CC=CC(c2cc(N)ncc2CC(=O)N2CCC2CCC(C)C)C12Cc1cc3ccc(=O)oc3cc1O2.